The minimum atomic E-state index is -1.61. The van der Waals surface area contributed by atoms with Crippen LogP contribution in [0.2, 0.25) is 0 Å². The summed E-state index contributed by atoms with van der Waals surface area (Å²) in [4.78, 5) is 158. The van der Waals surface area contributed by atoms with E-state index in [0.717, 1.165) is 0 Å². The van der Waals surface area contributed by atoms with Gasteiger partial charge in [0, 0.05) is 39.4 Å². The fraction of sp³-hybridized carbons (Fsp3) is 0.593. The standard InChI is InChI=1S/C59H90N14O14S/c1-34(2)30-43(50(78)64-35(3)49(77)68-42(58(86)87)17-11-26-63-59(61)62)70-55(83)48-19-13-28-73(48)57(85)41(24-29-88-5)67-54(82)47-18-12-27-72(47)56(84)40(16-9-10-25-60)66-52(80)45(31-37-14-7-6-8-15-37)69-53(81)46(33-74)71-51(79)44(65-36(4)75)32-38-20-22-39(76)23-21-38/h6-8,14-15,20-23,34-35,40-48,74,76H,9-13,16-19,24-33,60H2,1-5H3,(H,64,78)(H,65,75)(H,66,80)(H,67,82)(H,68,77)(H,69,81)(H,70,83)(H,71,79)(H,86,87)(H4,61,62,63)/t35-,40+,41+,42+,43+,44+,45+,46+,47+,48+/m1/s1. The van der Waals surface area contributed by atoms with Crippen LogP contribution in [0.3, 0.4) is 0 Å². The molecular formula is C59H90N14O14S. The Kier molecular flexibility index (Phi) is 30.4. The molecule has 0 unspecified atom stereocenters. The Morgan fingerprint density at radius 1 is 0.602 bits per heavy atom. The van der Waals surface area contributed by atoms with Gasteiger partial charge < -0.3 is 84.9 Å². The zero-order valence-corrected chi connectivity index (χ0v) is 51.6. The number of aliphatic hydroxyl groups excluding tert-OH is 1. The van der Waals surface area contributed by atoms with Gasteiger partial charge in [-0.1, -0.05) is 56.3 Å². The molecule has 2 aliphatic rings. The smallest absolute Gasteiger partial charge is 0.326 e. The lowest BCUT2D eigenvalue weighted by molar-refractivity contribution is -0.145. The zero-order chi connectivity index (χ0) is 65.0. The molecule has 0 saturated carbocycles. The number of hydrogen-bond acceptors (Lipinski definition) is 16. The van der Waals surface area contributed by atoms with Crippen molar-refractivity contribution in [3.8, 4) is 5.75 Å². The third-order valence-corrected chi connectivity index (χ3v) is 15.6. The number of phenolic OH excluding ortho intramolecular Hbond substituents is 1. The molecule has 88 heavy (non-hydrogen) atoms. The Morgan fingerprint density at radius 2 is 1.09 bits per heavy atom. The van der Waals surface area contributed by atoms with Crippen LogP contribution in [-0.4, -0.2) is 201 Å². The summed E-state index contributed by atoms with van der Waals surface area (Å²) in [6.45, 7) is 5.99. The maximum atomic E-state index is 14.8. The molecule has 10 atom stereocenters. The molecule has 2 aromatic rings. The number of aromatic hydroxyl groups is 1. The number of aliphatic imine (C=N–C) groups is 1. The predicted molar refractivity (Wildman–Crippen MR) is 328 cm³/mol. The number of aliphatic carboxylic acids is 1. The predicted octanol–water partition coefficient (Wildman–Crippen LogP) is -1.86. The number of hydrogen-bond donors (Lipinski definition) is 14. The van der Waals surface area contributed by atoms with Crippen LogP contribution in [0.25, 0.3) is 0 Å². The fourth-order valence-electron chi connectivity index (χ4n) is 10.3. The number of phenols is 1. The van der Waals surface area contributed by atoms with Gasteiger partial charge in [0.05, 0.1) is 6.61 Å². The van der Waals surface area contributed by atoms with E-state index in [2.05, 4.69) is 47.5 Å². The molecule has 28 nitrogen and oxygen atoms in total. The largest absolute Gasteiger partial charge is 0.508 e. The van der Waals surface area contributed by atoms with Gasteiger partial charge in [0.1, 0.15) is 66.2 Å². The topological polar surface area (TPSA) is 442 Å². The van der Waals surface area contributed by atoms with Crippen LogP contribution in [-0.2, 0) is 65.6 Å². The first-order chi connectivity index (χ1) is 41.9. The van der Waals surface area contributed by atoms with E-state index in [9.17, 15) is 68.1 Å². The van der Waals surface area contributed by atoms with Crippen molar-refractivity contribution in [2.75, 3.05) is 44.8 Å². The number of nitrogens with two attached hydrogens (primary N) is 3. The first kappa shape index (κ1) is 72.4. The molecule has 2 aromatic carbocycles. The number of thioether (sulfide) groups is 1. The summed E-state index contributed by atoms with van der Waals surface area (Å²) in [5.41, 5.74) is 17.7. The highest BCUT2D eigenvalue weighted by Gasteiger charge is 2.43. The van der Waals surface area contributed by atoms with Crippen molar-refractivity contribution < 1.29 is 68.1 Å². The van der Waals surface area contributed by atoms with E-state index >= 15 is 0 Å². The minimum Gasteiger partial charge on any atom is -0.508 e. The van der Waals surface area contributed by atoms with Crippen molar-refractivity contribution in [2.45, 2.75) is 172 Å². The van der Waals surface area contributed by atoms with Gasteiger partial charge in [0.2, 0.25) is 59.1 Å². The third-order valence-electron chi connectivity index (χ3n) is 14.9. The van der Waals surface area contributed by atoms with Crippen molar-refractivity contribution in [1.29, 1.82) is 0 Å². The lowest BCUT2D eigenvalue weighted by atomic mass is 10.0. The van der Waals surface area contributed by atoms with Crippen LogP contribution in [0.1, 0.15) is 109 Å². The second-order valence-electron chi connectivity index (χ2n) is 22.5. The monoisotopic (exact) mass is 1250 g/mol. The Bertz CT molecular complexity index is 2720. The van der Waals surface area contributed by atoms with Crippen LogP contribution in [0, 0.1) is 5.92 Å². The van der Waals surface area contributed by atoms with E-state index in [4.69, 9.17) is 17.2 Å². The number of guanidine groups is 1. The molecule has 2 saturated heterocycles. The normalized spacial score (nSPS) is 17.3. The second kappa shape index (κ2) is 36.9. The van der Waals surface area contributed by atoms with Crippen molar-refractivity contribution >= 4 is 82.8 Å². The van der Waals surface area contributed by atoms with Gasteiger partial charge in [-0.15, -0.1) is 0 Å². The quantitative estimate of drug-likeness (QED) is 0.0202. The van der Waals surface area contributed by atoms with E-state index in [-0.39, 0.29) is 102 Å². The van der Waals surface area contributed by atoms with Gasteiger partial charge >= 0.3 is 5.97 Å². The van der Waals surface area contributed by atoms with Gasteiger partial charge in [0.25, 0.3) is 0 Å². The molecule has 2 fully saturated rings. The van der Waals surface area contributed by atoms with E-state index in [1.54, 1.807) is 42.5 Å². The van der Waals surface area contributed by atoms with E-state index in [0.29, 0.717) is 42.6 Å². The number of carbonyl (C=O) groups excluding carboxylic acids is 10. The number of nitrogens with zero attached hydrogens (tertiary/aromatic N) is 3. The zero-order valence-electron chi connectivity index (χ0n) is 50.8. The number of carboxylic acids is 1. The van der Waals surface area contributed by atoms with E-state index < -0.39 is 132 Å². The highest BCUT2D eigenvalue weighted by molar-refractivity contribution is 7.98. The summed E-state index contributed by atoms with van der Waals surface area (Å²) in [6, 6.07) is 2.16. The summed E-state index contributed by atoms with van der Waals surface area (Å²) in [5, 5.41) is 50.9. The lowest BCUT2D eigenvalue weighted by Gasteiger charge is -2.32. The number of rotatable bonds is 36. The first-order valence-electron chi connectivity index (χ1n) is 29.8. The van der Waals surface area contributed by atoms with E-state index in [1.807, 2.05) is 20.1 Å². The lowest BCUT2D eigenvalue weighted by Crippen LogP contribution is -2.61. The average Bonchev–Trinajstić information content (AvgIpc) is 3.30. The molecule has 2 aliphatic heterocycles. The third kappa shape index (κ3) is 23.6. The van der Waals surface area contributed by atoms with Gasteiger partial charge in [0.15, 0.2) is 5.96 Å². The molecule has 486 valence electrons. The number of unbranched alkanes of at least 4 members (excludes halogenated alkanes) is 1. The molecule has 0 spiro atoms. The van der Waals surface area contributed by atoms with Crippen molar-refractivity contribution in [3.63, 3.8) is 0 Å². The summed E-state index contributed by atoms with van der Waals surface area (Å²) < 4.78 is 0. The van der Waals surface area contributed by atoms with Gasteiger partial charge in [-0.05, 0) is 125 Å². The van der Waals surface area contributed by atoms with Gasteiger partial charge in [-0.2, -0.15) is 11.8 Å². The molecule has 4 rings (SSSR count). The minimum absolute atomic E-state index is 0.000602. The molecule has 2 heterocycles. The van der Waals surface area contributed by atoms with Crippen LogP contribution in [0.15, 0.2) is 59.6 Å². The Hall–Kier alpha value is -8.05. The maximum Gasteiger partial charge on any atom is 0.326 e. The highest BCUT2D eigenvalue weighted by Crippen LogP contribution is 2.24. The summed E-state index contributed by atoms with van der Waals surface area (Å²) in [5.74, 6) is -8.26. The van der Waals surface area contributed by atoms with Crippen LogP contribution in [0.5, 0.6) is 5.75 Å². The maximum absolute atomic E-state index is 14.8. The van der Waals surface area contributed by atoms with Crippen molar-refractivity contribution in [3.05, 3.63) is 65.7 Å². The molecule has 0 aliphatic carbocycles. The molecule has 0 aromatic heterocycles. The SMILES string of the molecule is CSCC[C@H](NC(=O)[C@@H]1CCCN1C(=O)[C@H](CCCCN)NC(=O)[C@H](Cc1ccccc1)NC(=O)[C@H](CO)NC(=O)[C@H](Cc1ccc(O)cc1)NC(C)=O)C(=O)N1CCC[C@H]1C(=O)N[C@@H](CC(C)C)C(=O)N[C@H](C)C(=O)N[C@@H](CCCN=C(N)N)C(=O)O. The fourth-order valence-corrected chi connectivity index (χ4v) is 10.8. The second-order valence-corrected chi connectivity index (χ2v) is 23.4. The average molecular weight is 1250 g/mol. The van der Waals surface area contributed by atoms with Crippen LogP contribution in [0.4, 0.5) is 0 Å². The molecule has 29 heteroatoms. The highest BCUT2D eigenvalue weighted by atomic mass is 32.2. The summed E-state index contributed by atoms with van der Waals surface area (Å²) in [6.07, 6.45) is 4.40. The number of amides is 10. The van der Waals surface area contributed by atoms with Crippen LogP contribution >= 0.6 is 11.8 Å². The first-order valence-corrected chi connectivity index (χ1v) is 31.2. The van der Waals surface area contributed by atoms with Gasteiger partial charge in [-0.25, -0.2) is 4.79 Å². The number of likely N-dealkylation sites (tertiary alicyclic amines) is 2. The Morgan fingerprint density at radius 3 is 1.61 bits per heavy atom. The number of carboxylic acid groups (broad SMARTS) is 1. The molecule has 0 radical (unpaired) electrons. The van der Waals surface area contributed by atoms with Crippen LogP contribution < -0.4 is 59.7 Å². The Balaban J connectivity index is 1.50. The number of nitrogens with one attached hydrogen (secondary N) is 8. The number of aliphatic hydroxyl groups is 1. The van der Waals surface area contributed by atoms with E-state index in [1.165, 1.54) is 47.5 Å². The molecule has 17 N–H and O–H groups in total. The Labute approximate surface area is 517 Å². The van der Waals surface area contributed by atoms with Gasteiger partial charge in [-0.3, -0.25) is 52.9 Å². The number of carbonyl (C=O) groups is 11. The number of benzene rings is 2. The molecule has 0 bridgehead atoms. The van der Waals surface area contributed by atoms with Crippen molar-refractivity contribution in [1.82, 2.24) is 52.3 Å². The summed E-state index contributed by atoms with van der Waals surface area (Å²) in [7, 11) is 0. The molecular weight excluding hydrogens is 1160 g/mol. The summed E-state index contributed by atoms with van der Waals surface area (Å²) >= 11 is 1.42. The van der Waals surface area contributed by atoms with Crippen molar-refractivity contribution in [2.24, 2.45) is 28.1 Å². The molecule has 10 amide bonds.